The molecule has 0 radical (unpaired) electrons. The molecular weight excluding hydrogens is 330 g/mol. The molecule has 0 saturated carbocycles. The fraction of sp³-hybridized carbons (Fsp3) is 0.250. The van der Waals surface area contributed by atoms with Crippen molar-refractivity contribution in [1.82, 2.24) is 15.3 Å². The highest BCUT2D eigenvalue weighted by molar-refractivity contribution is 7.13. The summed E-state index contributed by atoms with van der Waals surface area (Å²) in [5.41, 5.74) is 5.14. The first kappa shape index (κ1) is 17.3. The lowest BCUT2D eigenvalue weighted by atomic mass is 10.00. The van der Waals surface area contributed by atoms with E-state index in [-0.39, 0.29) is 18.4 Å². The van der Waals surface area contributed by atoms with Crippen LogP contribution in [0.4, 0.5) is 0 Å². The van der Waals surface area contributed by atoms with Gasteiger partial charge in [0.05, 0.1) is 23.9 Å². The van der Waals surface area contributed by atoms with Crippen molar-refractivity contribution in [3.05, 3.63) is 70.4 Å². The molecule has 0 aliphatic carbocycles. The predicted molar refractivity (Wildman–Crippen MR) is 102 cm³/mol. The van der Waals surface area contributed by atoms with Gasteiger partial charge >= 0.3 is 0 Å². The maximum absolute atomic E-state index is 12.4. The molecule has 0 aliphatic heterocycles. The minimum Gasteiger partial charge on any atom is -0.349 e. The van der Waals surface area contributed by atoms with E-state index in [1.165, 1.54) is 22.5 Å². The van der Waals surface area contributed by atoms with Gasteiger partial charge in [-0.3, -0.25) is 9.78 Å². The van der Waals surface area contributed by atoms with E-state index in [0.29, 0.717) is 0 Å². The Kier molecular flexibility index (Phi) is 5.24. The van der Waals surface area contributed by atoms with Gasteiger partial charge in [-0.15, -0.1) is 11.3 Å². The topological polar surface area (TPSA) is 54.9 Å². The zero-order valence-corrected chi connectivity index (χ0v) is 15.4. The molecule has 0 aliphatic rings. The van der Waals surface area contributed by atoms with Gasteiger partial charge in [-0.2, -0.15) is 0 Å². The first-order valence-electron chi connectivity index (χ1n) is 8.25. The summed E-state index contributed by atoms with van der Waals surface area (Å²) in [7, 11) is 0. The molecule has 2 heterocycles. The third-order valence-corrected chi connectivity index (χ3v) is 4.97. The monoisotopic (exact) mass is 351 g/mol. The molecule has 128 valence electrons. The van der Waals surface area contributed by atoms with E-state index in [9.17, 15) is 4.79 Å². The van der Waals surface area contributed by atoms with Crippen LogP contribution < -0.4 is 5.32 Å². The number of carbonyl (C=O) groups is 1. The van der Waals surface area contributed by atoms with Gasteiger partial charge in [0.1, 0.15) is 5.01 Å². The summed E-state index contributed by atoms with van der Waals surface area (Å²) in [6.45, 7) is 6.14. The zero-order chi connectivity index (χ0) is 17.8. The molecule has 1 unspecified atom stereocenters. The highest BCUT2D eigenvalue weighted by Gasteiger charge is 2.14. The highest BCUT2D eigenvalue weighted by Crippen LogP contribution is 2.22. The van der Waals surface area contributed by atoms with E-state index >= 15 is 0 Å². The van der Waals surface area contributed by atoms with Crippen LogP contribution in [0.25, 0.3) is 10.7 Å². The van der Waals surface area contributed by atoms with Crippen LogP contribution in [0.3, 0.4) is 0 Å². The molecule has 0 bridgehead atoms. The second-order valence-corrected chi connectivity index (χ2v) is 7.04. The Morgan fingerprint density at radius 3 is 2.84 bits per heavy atom. The third kappa shape index (κ3) is 4.31. The first-order chi connectivity index (χ1) is 12.0. The molecule has 3 aromatic rings. The average Bonchev–Trinajstić information content (AvgIpc) is 3.06. The molecule has 0 spiro atoms. The van der Waals surface area contributed by atoms with Crippen molar-refractivity contribution in [2.75, 3.05) is 0 Å². The third-order valence-electron chi connectivity index (χ3n) is 4.06. The molecule has 5 heteroatoms. The summed E-state index contributed by atoms with van der Waals surface area (Å²) >= 11 is 1.51. The number of hydrogen-bond acceptors (Lipinski definition) is 4. The Morgan fingerprint density at radius 2 is 2.08 bits per heavy atom. The summed E-state index contributed by atoms with van der Waals surface area (Å²) in [5.74, 6) is -0.0220. The number of nitrogens with one attached hydrogen (secondary N) is 1. The number of aromatic nitrogens is 2. The molecule has 0 saturated heterocycles. The second kappa shape index (κ2) is 7.57. The van der Waals surface area contributed by atoms with Crippen molar-refractivity contribution >= 4 is 17.2 Å². The standard InChI is InChI=1S/C20H21N3OS/c1-13-7-8-14(2)17(10-13)15(3)22-19(24)11-16-12-25-20(23-16)18-6-4-5-9-21-18/h4-10,12,15H,11H2,1-3H3,(H,22,24). The smallest absolute Gasteiger partial charge is 0.226 e. The van der Waals surface area contributed by atoms with Crippen molar-refractivity contribution in [2.24, 2.45) is 0 Å². The van der Waals surface area contributed by atoms with E-state index in [4.69, 9.17) is 0 Å². The molecule has 1 N–H and O–H groups in total. The van der Waals surface area contributed by atoms with Crippen LogP contribution in [0.1, 0.15) is 35.3 Å². The maximum atomic E-state index is 12.4. The van der Waals surface area contributed by atoms with Gasteiger partial charge in [0.15, 0.2) is 0 Å². The first-order valence-corrected chi connectivity index (χ1v) is 9.13. The Bertz CT molecular complexity index is 874. The number of nitrogens with zero attached hydrogens (tertiary/aromatic N) is 2. The summed E-state index contributed by atoms with van der Waals surface area (Å²) < 4.78 is 0. The van der Waals surface area contributed by atoms with Gasteiger partial charge in [-0.05, 0) is 44.0 Å². The maximum Gasteiger partial charge on any atom is 0.226 e. The van der Waals surface area contributed by atoms with E-state index in [0.717, 1.165) is 22.0 Å². The minimum atomic E-state index is -0.0266. The fourth-order valence-corrected chi connectivity index (χ4v) is 3.55. The molecule has 1 aromatic carbocycles. The summed E-state index contributed by atoms with van der Waals surface area (Å²) in [6, 6.07) is 12.0. The molecule has 3 rings (SSSR count). The van der Waals surface area contributed by atoms with Crippen molar-refractivity contribution in [3.8, 4) is 10.7 Å². The minimum absolute atomic E-state index is 0.0220. The lowest BCUT2D eigenvalue weighted by Gasteiger charge is -2.17. The van der Waals surface area contributed by atoms with Crippen LogP contribution in [0.5, 0.6) is 0 Å². The molecule has 2 aromatic heterocycles. The van der Waals surface area contributed by atoms with Crippen LogP contribution in [-0.4, -0.2) is 15.9 Å². The van der Waals surface area contributed by atoms with Gasteiger partial charge in [0.25, 0.3) is 0 Å². The van der Waals surface area contributed by atoms with Gasteiger partial charge in [-0.1, -0.05) is 29.8 Å². The lowest BCUT2D eigenvalue weighted by molar-refractivity contribution is -0.121. The molecular formula is C20H21N3OS. The Morgan fingerprint density at radius 1 is 1.24 bits per heavy atom. The van der Waals surface area contributed by atoms with Gasteiger partial charge in [0.2, 0.25) is 5.91 Å². The number of benzene rings is 1. The van der Waals surface area contributed by atoms with E-state index in [2.05, 4.69) is 47.3 Å². The Labute approximate surface area is 152 Å². The summed E-state index contributed by atoms with van der Waals surface area (Å²) in [5, 5.41) is 5.83. The number of aryl methyl sites for hydroxylation is 2. The molecule has 25 heavy (non-hydrogen) atoms. The molecule has 0 fully saturated rings. The van der Waals surface area contributed by atoms with Crippen LogP contribution in [0.15, 0.2) is 48.0 Å². The summed E-state index contributed by atoms with van der Waals surface area (Å²) in [4.78, 5) is 21.2. The number of carbonyl (C=O) groups excluding carboxylic acids is 1. The zero-order valence-electron chi connectivity index (χ0n) is 14.6. The largest absolute Gasteiger partial charge is 0.349 e. The van der Waals surface area contributed by atoms with Crippen molar-refractivity contribution in [3.63, 3.8) is 0 Å². The lowest BCUT2D eigenvalue weighted by Crippen LogP contribution is -2.28. The predicted octanol–water partition coefficient (Wildman–Crippen LogP) is 4.24. The SMILES string of the molecule is Cc1ccc(C)c(C(C)NC(=O)Cc2csc(-c3ccccn3)n2)c1. The summed E-state index contributed by atoms with van der Waals surface area (Å²) in [6.07, 6.45) is 2.02. The van der Waals surface area contributed by atoms with Crippen LogP contribution in [0.2, 0.25) is 0 Å². The van der Waals surface area contributed by atoms with Crippen LogP contribution in [-0.2, 0) is 11.2 Å². The quantitative estimate of drug-likeness (QED) is 0.748. The van der Waals surface area contributed by atoms with Crippen molar-refractivity contribution in [1.29, 1.82) is 0 Å². The normalized spacial score (nSPS) is 12.0. The van der Waals surface area contributed by atoms with Gasteiger partial charge in [-0.25, -0.2) is 4.98 Å². The molecule has 1 atom stereocenters. The Hall–Kier alpha value is -2.53. The number of thiazole rings is 1. The van der Waals surface area contributed by atoms with E-state index < -0.39 is 0 Å². The number of rotatable bonds is 5. The molecule has 1 amide bonds. The van der Waals surface area contributed by atoms with Crippen LogP contribution in [0, 0.1) is 13.8 Å². The fourth-order valence-electron chi connectivity index (χ4n) is 2.76. The average molecular weight is 351 g/mol. The number of pyridine rings is 1. The van der Waals surface area contributed by atoms with Gasteiger partial charge in [0, 0.05) is 11.6 Å². The highest BCUT2D eigenvalue weighted by atomic mass is 32.1. The van der Waals surface area contributed by atoms with Gasteiger partial charge < -0.3 is 5.32 Å². The number of hydrogen-bond donors (Lipinski definition) is 1. The van der Waals surface area contributed by atoms with Crippen molar-refractivity contribution < 1.29 is 4.79 Å². The molecule has 4 nitrogen and oxygen atoms in total. The second-order valence-electron chi connectivity index (χ2n) is 6.18. The number of amides is 1. The van der Waals surface area contributed by atoms with E-state index in [1.54, 1.807) is 6.20 Å². The van der Waals surface area contributed by atoms with E-state index in [1.807, 2.05) is 30.5 Å². The van der Waals surface area contributed by atoms with Crippen molar-refractivity contribution in [2.45, 2.75) is 33.2 Å². The van der Waals surface area contributed by atoms with Crippen LogP contribution >= 0.6 is 11.3 Å². The Balaban J connectivity index is 1.65.